The van der Waals surface area contributed by atoms with Crippen LogP contribution in [0.4, 0.5) is 0 Å². The van der Waals surface area contributed by atoms with Crippen LogP contribution in [-0.2, 0) is 11.3 Å². The number of carbonyl (C=O) groups excluding carboxylic acids is 1. The lowest BCUT2D eigenvalue weighted by Crippen LogP contribution is -2.04. The van der Waals surface area contributed by atoms with Crippen LogP contribution in [0.2, 0.25) is 0 Å². The summed E-state index contributed by atoms with van der Waals surface area (Å²) in [5, 5.41) is 7.27. The van der Waals surface area contributed by atoms with Crippen molar-refractivity contribution in [2.45, 2.75) is 13.5 Å². The second kappa shape index (κ2) is 5.81. The Kier molecular flexibility index (Phi) is 3.90. The molecule has 0 atom stereocenters. The molecular weight excluding hydrogens is 236 g/mol. The van der Waals surface area contributed by atoms with E-state index in [1.807, 2.05) is 30.3 Å². The van der Waals surface area contributed by atoms with Crippen molar-refractivity contribution in [1.82, 2.24) is 10.2 Å². The molecule has 0 N–H and O–H groups in total. The highest BCUT2D eigenvalue weighted by molar-refractivity contribution is 5.83. The lowest BCUT2D eigenvalue weighted by molar-refractivity contribution is 0.0477. The van der Waals surface area contributed by atoms with Gasteiger partial charge in [0, 0.05) is 0 Å². The second-order valence-electron chi connectivity index (χ2n) is 3.32. The normalized spacial score (nSPS) is 10.1. The molecule has 0 spiro atoms. The largest absolute Gasteiger partial charge is 0.484 e. The summed E-state index contributed by atoms with van der Waals surface area (Å²) in [5.41, 5.74) is 0. The first kappa shape index (κ1) is 12.1. The summed E-state index contributed by atoms with van der Waals surface area (Å²) < 4.78 is 15.2. The molecule has 0 radical (unpaired) electrons. The van der Waals surface area contributed by atoms with Crippen molar-refractivity contribution in [2.24, 2.45) is 0 Å². The Labute approximate surface area is 104 Å². The number of benzene rings is 1. The van der Waals surface area contributed by atoms with Crippen molar-refractivity contribution in [3.8, 4) is 5.75 Å². The van der Waals surface area contributed by atoms with E-state index in [-0.39, 0.29) is 25.0 Å². The topological polar surface area (TPSA) is 74.5 Å². The number of aromatic nitrogens is 2. The van der Waals surface area contributed by atoms with Crippen LogP contribution in [0.1, 0.15) is 23.5 Å². The Morgan fingerprint density at radius 2 is 2.06 bits per heavy atom. The Hall–Kier alpha value is -2.37. The molecule has 18 heavy (non-hydrogen) atoms. The third-order valence-electron chi connectivity index (χ3n) is 2.02. The number of rotatable bonds is 5. The van der Waals surface area contributed by atoms with Crippen LogP contribution in [0.3, 0.4) is 0 Å². The molecule has 2 rings (SSSR count). The van der Waals surface area contributed by atoms with Gasteiger partial charge in [-0.3, -0.25) is 0 Å². The fourth-order valence-corrected chi connectivity index (χ4v) is 1.25. The van der Waals surface area contributed by atoms with Gasteiger partial charge in [-0.2, -0.15) is 0 Å². The van der Waals surface area contributed by atoms with Crippen molar-refractivity contribution in [3.63, 3.8) is 0 Å². The van der Waals surface area contributed by atoms with Crippen LogP contribution in [0.25, 0.3) is 0 Å². The first-order valence-corrected chi connectivity index (χ1v) is 5.47. The van der Waals surface area contributed by atoms with E-state index < -0.39 is 5.97 Å². The number of nitrogens with zero attached hydrogens (tertiary/aromatic N) is 2. The molecule has 6 nitrogen and oxygen atoms in total. The summed E-state index contributed by atoms with van der Waals surface area (Å²) >= 11 is 0. The molecule has 0 bridgehead atoms. The van der Waals surface area contributed by atoms with Gasteiger partial charge in [-0.25, -0.2) is 4.79 Å². The number of para-hydroxylation sites is 1. The van der Waals surface area contributed by atoms with Crippen molar-refractivity contribution >= 4 is 5.97 Å². The highest BCUT2D eigenvalue weighted by Crippen LogP contribution is 2.11. The summed E-state index contributed by atoms with van der Waals surface area (Å²) in [5.74, 6) is 0.120. The molecule has 0 aliphatic carbocycles. The van der Waals surface area contributed by atoms with Gasteiger partial charge in [0.2, 0.25) is 0 Å². The Balaban J connectivity index is 1.93. The van der Waals surface area contributed by atoms with Gasteiger partial charge in [-0.1, -0.05) is 18.2 Å². The molecule has 1 heterocycles. The molecule has 94 valence electrons. The monoisotopic (exact) mass is 248 g/mol. The minimum absolute atomic E-state index is 0.108. The Morgan fingerprint density at radius 3 is 2.78 bits per heavy atom. The van der Waals surface area contributed by atoms with Crippen molar-refractivity contribution in [1.29, 1.82) is 0 Å². The van der Waals surface area contributed by atoms with Crippen LogP contribution in [-0.4, -0.2) is 22.8 Å². The van der Waals surface area contributed by atoms with E-state index in [4.69, 9.17) is 13.9 Å². The fourth-order valence-electron chi connectivity index (χ4n) is 1.25. The van der Waals surface area contributed by atoms with Crippen molar-refractivity contribution in [2.75, 3.05) is 6.61 Å². The van der Waals surface area contributed by atoms with Gasteiger partial charge in [-0.05, 0) is 19.1 Å². The van der Waals surface area contributed by atoms with Gasteiger partial charge < -0.3 is 13.9 Å². The maximum atomic E-state index is 11.3. The number of ether oxygens (including phenoxy) is 2. The molecule has 0 aliphatic rings. The molecule has 0 fully saturated rings. The Morgan fingerprint density at radius 1 is 1.28 bits per heavy atom. The SMILES string of the molecule is CCOC(=O)c1nnc(COc2ccccc2)o1. The molecular formula is C12H12N2O4. The van der Waals surface area contributed by atoms with E-state index in [1.54, 1.807) is 6.92 Å². The van der Waals surface area contributed by atoms with Gasteiger partial charge in [0.1, 0.15) is 5.75 Å². The standard InChI is InChI=1S/C12H12N2O4/c1-2-16-12(15)11-14-13-10(18-11)8-17-9-6-4-3-5-7-9/h3-7H,2,8H2,1H3. The summed E-state index contributed by atoms with van der Waals surface area (Å²) in [6, 6.07) is 9.21. The van der Waals surface area contributed by atoms with Gasteiger partial charge >= 0.3 is 11.9 Å². The molecule has 2 aromatic rings. The molecule has 1 aromatic carbocycles. The molecule has 0 amide bonds. The maximum Gasteiger partial charge on any atom is 0.396 e. The molecule has 0 unspecified atom stereocenters. The van der Waals surface area contributed by atoms with E-state index in [1.165, 1.54) is 0 Å². The third kappa shape index (κ3) is 3.07. The van der Waals surface area contributed by atoms with E-state index >= 15 is 0 Å². The first-order chi connectivity index (χ1) is 8.79. The van der Waals surface area contributed by atoms with E-state index in [2.05, 4.69) is 10.2 Å². The van der Waals surface area contributed by atoms with E-state index in [0.29, 0.717) is 5.75 Å². The molecule has 6 heteroatoms. The van der Waals surface area contributed by atoms with E-state index in [9.17, 15) is 4.79 Å². The van der Waals surface area contributed by atoms with Crippen LogP contribution in [0.15, 0.2) is 34.7 Å². The quantitative estimate of drug-likeness (QED) is 0.751. The highest BCUT2D eigenvalue weighted by atomic mass is 16.5. The van der Waals surface area contributed by atoms with Gasteiger partial charge in [0.25, 0.3) is 5.89 Å². The zero-order valence-electron chi connectivity index (χ0n) is 9.83. The molecule has 1 aromatic heterocycles. The zero-order chi connectivity index (χ0) is 12.8. The van der Waals surface area contributed by atoms with Gasteiger partial charge in [-0.15, -0.1) is 10.2 Å². The number of esters is 1. The summed E-state index contributed by atoms with van der Waals surface area (Å²) in [6.07, 6.45) is 0. The maximum absolute atomic E-state index is 11.3. The summed E-state index contributed by atoms with van der Waals surface area (Å²) in [7, 11) is 0. The average Bonchev–Trinajstić information content (AvgIpc) is 2.87. The Bertz CT molecular complexity index is 510. The number of hydrogen-bond donors (Lipinski definition) is 0. The molecule has 0 saturated heterocycles. The van der Waals surface area contributed by atoms with Crippen molar-refractivity contribution in [3.05, 3.63) is 42.1 Å². The molecule has 0 saturated carbocycles. The zero-order valence-corrected chi connectivity index (χ0v) is 9.83. The second-order valence-corrected chi connectivity index (χ2v) is 3.32. The summed E-state index contributed by atoms with van der Waals surface area (Å²) in [6.45, 7) is 2.07. The smallest absolute Gasteiger partial charge is 0.396 e. The van der Waals surface area contributed by atoms with Gasteiger partial charge in [0.15, 0.2) is 6.61 Å². The minimum atomic E-state index is -0.629. The van der Waals surface area contributed by atoms with Crippen LogP contribution in [0.5, 0.6) is 5.75 Å². The minimum Gasteiger partial charge on any atom is -0.484 e. The number of hydrogen-bond acceptors (Lipinski definition) is 6. The van der Waals surface area contributed by atoms with Crippen molar-refractivity contribution < 1.29 is 18.7 Å². The van der Waals surface area contributed by atoms with Gasteiger partial charge in [0.05, 0.1) is 6.61 Å². The van der Waals surface area contributed by atoms with Crippen LogP contribution >= 0.6 is 0 Å². The highest BCUT2D eigenvalue weighted by Gasteiger charge is 2.15. The lowest BCUT2D eigenvalue weighted by atomic mass is 10.3. The lowest BCUT2D eigenvalue weighted by Gasteiger charge is -2.01. The predicted molar refractivity (Wildman–Crippen MR) is 61.0 cm³/mol. The number of carbonyl (C=O) groups is 1. The average molecular weight is 248 g/mol. The molecule has 0 aliphatic heterocycles. The first-order valence-electron chi connectivity index (χ1n) is 5.47. The van der Waals surface area contributed by atoms with E-state index in [0.717, 1.165) is 0 Å². The third-order valence-corrected chi connectivity index (χ3v) is 2.02. The summed E-state index contributed by atoms with van der Waals surface area (Å²) in [4.78, 5) is 11.3. The predicted octanol–water partition coefficient (Wildman–Crippen LogP) is 1.83. The fraction of sp³-hybridized carbons (Fsp3) is 0.250. The van der Waals surface area contributed by atoms with Crippen LogP contribution < -0.4 is 4.74 Å². The van der Waals surface area contributed by atoms with Crippen LogP contribution in [0, 0.1) is 0 Å².